The van der Waals surface area contributed by atoms with E-state index in [4.69, 9.17) is 11.6 Å². The molecule has 0 amide bonds. The van der Waals surface area contributed by atoms with Crippen molar-refractivity contribution >= 4 is 31.2 Å². The third-order valence-electron chi connectivity index (χ3n) is 3.34. The molecule has 3 rings (SSSR count). The molecule has 0 radical (unpaired) electrons. The molecule has 1 unspecified atom stereocenters. The molecule has 2 aromatic carbocycles. The summed E-state index contributed by atoms with van der Waals surface area (Å²) in [4.78, 5) is 1.38. The summed E-state index contributed by atoms with van der Waals surface area (Å²) in [5, 5.41) is 0.896. The van der Waals surface area contributed by atoms with Crippen molar-refractivity contribution in [2.24, 2.45) is 0 Å². The Bertz CT molecular complexity index is 568. The average Bonchev–Trinajstić information content (AvgIpc) is 2.49. The monoisotopic (exact) mass is 258 g/mol. The fourth-order valence-corrected chi connectivity index (χ4v) is 3.98. The Hall–Kier alpha value is -0.855. The predicted molar refractivity (Wildman–Crippen MR) is 77.8 cm³/mol. The van der Waals surface area contributed by atoms with Crippen LogP contribution in [0.1, 0.15) is 22.5 Å². The van der Waals surface area contributed by atoms with E-state index in [-0.39, 0.29) is 0 Å². The Kier molecular flexibility index (Phi) is 2.93. The first-order valence-corrected chi connectivity index (χ1v) is 7.12. The number of thioether (sulfide) groups is 1. The van der Waals surface area contributed by atoms with Crippen LogP contribution in [0.4, 0.5) is 0 Å². The van der Waals surface area contributed by atoms with Gasteiger partial charge in [0, 0.05) is 15.7 Å². The summed E-state index contributed by atoms with van der Waals surface area (Å²) in [6.45, 7) is 0. The van der Waals surface area contributed by atoms with Gasteiger partial charge in [-0.05, 0) is 34.6 Å². The molecule has 0 saturated carbocycles. The van der Waals surface area contributed by atoms with Gasteiger partial charge in [0.1, 0.15) is 7.85 Å². The Morgan fingerprint density at radius 2 is 1.94 bits per heavy atom. The summed E-state index contributed by atoms with van der Waals surface area (Å²) in [5.41, 5.74) is 4.06. The topological polar surface area (TPSA) is 0 Å². The van der Waals surface area contributed by atoms with Crippen molar-refractivity contribution in [3.05, 3.63) is 64.2 Å². The molecule has 84 valence electrons. The maximum atomic E-state index is 6.37. The van der Waals surface area contributed by atoms with Crippen LogP contribution in [0.3, 0.4) is 0 Å². The number of rotatable bonds is 0. The summed E-state index contributed by atoms with van der Waals surface area (Å²) in [7, 11) is 2.25. The zero-order valence-electron chi connectivity index (χ0n) is 9.61. The van der Waals surface area contributed by atoms with Crippen LogP contribution in [0.2, 0.25) is 5.02 Å². The molecule has 0 saturated heterocycles. The van der Waals surface area contributed by atoms with E-state index in [1.807, 2.05) is 23.9 Å². The van der Waals surface area contributed by atoms with Crippen molar-refractivity contribution in [3.8, 4) is 0 Å². The van der Waals surface area contributed by atoms with E-state index in [1.165, 1.54) is 21.6 Å². The summed E-state index contributed by atoms with van der Waals surface area (Å²) >= 11 is 8.27. The maximum absolute atomic E-state index is 6.37. The lowest BCUT2D eigenvalue weighted by Gasteiger charge is -2.16. The second-order valence-corrected chi connectivity index (χ2v) is 5.79. The molecule has 1 atom stereocenters. The van der Waals surface area contributed by atoms with Gasteiger partial charge in [-0.15, -0.1) is 11.8 Å². The molecule has 1 heterocycles. The van der Waals surface area contributed by atoms with Crippen LogP contribution >= 0.6 is 23.4 Å². The van der Waals surface area contributed by atoms with Crippen LogP contribution in [0.25, 0.3) is 0 Å². The van der Waals surface area contributed by atoms with Gasteiger partial charge < -0.3 is 0 Å². The number of fused-ring (bicyclic) bond motifs is 2. The fraction of sp³-hybridized carbons (Fsp3) is 0.143. The summed E-state index contributed by atoms with van der Waals surface area (Å²) in [5.74, 6) is 1.39. The van der Waals surface area contributed by atoms with E-state index in [9.17, 15) is 0 Å². The van der Waals surface area contributed by atoms with Crippen LogP contribution in [0.5, 0.6) is 0 Å². The first-order chi connectivity index (χ1) is 8.27. The second kappa shape index (κ2) is 4.43. The van der Waals surface area contributed by atoms with Gasteiger partial charge in [-0.2, -0.15) is 0 Å². The molecule has 2 aromatic rings. The highest BCUT2D eigenvalue weighted by Crippen LogP contribution is 2.41. The lowest BCUT2D eigenvalue weighted by Crippen LogP contribution is -2.03. The van der Waals surface area contributed by atoms with Crippen molar-refractivity contribution in [2.75, 3.05) is 0 Å². The molecule has 0 N–H and O–H groups in total. The number of halogens is 1. The van der Waals surface area contributed by atoms with Gasteiger partial charge >= 0.3 is 0 Å². The lowest BCUT2D eigenvalue weighted by molar-refractivity contribution is 1.08. The van der Waals surface area contributed by atoms with E-state index >= 15 is 0 Å². The van der Waals surface area contributed by atoms with Gasteiger partial charge in [0.2, 0.25) is 0 Å². The molecule has 0 fully saturated rings. The Labute approximate surface area is 112 Å². The highest BCUT2D eigenvalue weighted by atomic mass is 35.5. The molecule has 17 heavy (non-hydrogen) atoms. The largest absolute Gasteiger partial charge is 0.121 e. The zero-order chi connectivity index (χ0) is 11.8. The Balaban J connectivity index is 2.22. The van der Waals surface area contributed by atoms with Crippen LogP contribution in [0.15, 0.2) is 47.4 Å². The zero-order valence-corrected chi connectivity index (χ0v) is 11.2. The first kappa shape index (κ1) is 11.2. The highest BCUT2D eigenvalue weighted by molar-refractivity contribution is 7.98. The normalized spacial score (nSPS) is 18.1. The smallest absolute Gasteiger partial charge is 0.117 e. The van der Waals surface area contributed by atoms with E-state index in [0.29, 0.717) is 5.82 Å². The Morgan fingerprint density at radius 3 is 2.82 bits per heavy atom. The molecular weight excluding hydrogens is 246 g/mol. The van der Waals surface area contributed by atoms with Crippen molar-refractivity contribution in [2.45, 2.75) is 16.5 Å². The van der Waals surface area contributed by atoms with E-state index in [2.05, 4.69) is 38.2 Å². The molecule has 1 aliphatic rings. The predicted octanol–water partition coefficient (Wildman–Crippen LogP) is 3.67. The molecule has 0 aliphatic carbocycles. The molecular formula is C14H12BClS. The number of hydrogen-bond acceptors (Lipinski definition) is 1. The minimum Gasteiger partial charge on any atom is -0.121 e. The average molecular weight is 259 g/mol. The number of benzene rings is 2. The van der Waals surface area contributed by atoms with Gasteiger partial charge in [0.25, 0.3) is 0 Å². The third kappa shape index (κ3) is 1.90. The van der Waals surface area contributed by atoms with Crippen molar-refractivity contribution in [1.82, 2.24) is 0 Å². The molecule has 0 nitrogen and oxygen atoms in total. The standard InChI is InChI=1S/C14H12BClS/c15-14-10-5-1-2-7-12(10)17-8-9-4-3-6-11(16)13(9)14/h1-7,14H,8,15H2. The van der Waals surface area contributed by atoms with Gasteiger partial charge in [0.15, 0.2) is 0 Å². The molecule has 3 heteroatoms. The second-order valence-electron chi connectivity index (χ2n) is 4.36. The van der Waals surface area contributed by atoms with Gasteiger partial charge in [-0.3, -0.25) is 0 Å². The molecule has 0 bridgehead atoms. The van der Waals surface area contributed by atoms with Crippen LogP contribution in [0, 0.1) is 0 Å². The van der Waals surface area contributed by atoms with Crippen LogP contribution in [-0.2, 0) is 5.75 Å². The quantitative estimate of drug-likeness (QED) is 0.650. The van der Waals surface area contributed by atoms with Crippen molar-refractivity contribution < 1.29 is 0 Å². The Morgan fingerprint density at radius 1 is 1.12 bits per heavy atom. The maximum Gasteiger partial charge on any atom is 0.117 e. The third-order valence-corrected chi connectivity index (χ3v) is 4.81. The van der Waals surface area contributed by atoms with Gasteiger partial charge in [-0.25, -0.2) is 0 Å². The van der Waals surface area contributed by atoms with Gasteiger partial charge in [-0.1, -0.05) is 41.9 Å². The molecule has 0 aromatic heterocycles. The van der Waals surface area contributed by atoms with E-state index in [0.717, 1.165) is 10.8 Å². The summed E-state index contributed by atoms with van der Waals surface area (Å²) in [6.07, 6.45) is 0. The van der Waals surface area contributed by atoms with Gasteiger partial charge in [0.05, 0.1) is 0 Å². The van der Waals surface area contributed by atoms with E-state index in [1.54, 1.807) is 0 Å². The minimum atomic E-state index is 0.380. The lowest BCUT2D eigenvalue weighted by atomic mass is 9.74. The van der Waals surface area contributed by atoms with Crippen molar-refractivity contribution in [3.63, 3.8) is 0 Å². The van der Waals surface area contributed by atoms with E-state index < -0.39 is 0 Å². The molecule has 0 spiro atoms. The number of hydrogen-bond donors (Lipinski definition) is 0. The summed E-state index contributed by atoms with van der Waals surface area (Å²) in [6, 6.07) is 14.9. The molecule has 1 aliphatic heterocycles. The highest BCUT2D eigenvalue weighted by Gasteiger charge is 2.21. The fourth-order valence-electron chi connectivity index (χ4n) is 2.47. The van der Waals surface area contributed by atoms with Crippen molar-refractivity contribution in [1.29, 1.82) is 0 Å². The van der Waals surface area contributed by atoms with Crippen LogP contribution in [-0.4, -0.2) is 7.85 Å². The van der Waals surface area contributed by atoms with Crippen LogP contribution < -0.4 is 0 Å². The first-order valence-electron chi connectivity index (χ1n) is 5.76. The minimum absolute atomic E-state index is 0.380. The SMILES string of the molecule is BC1c2ccccc2SCc2cccc(Cl)c21. The summed E-state index contributed by atoms with van der Waals surface area (Å²) < 4.78 is 0.